The third-order valence-electron chi connectivity index (χ3n) is 2.38. The summed E-state index contributed by atoms with van der Waals surface area (Å²) in [4.78, 5) is 2.13. The predicted molar refractivity (Wildman–Crippen MR) is 54.7 cm³/mol. The number of nitrogens with one attached hydrogen (secondary N) is 1. The molecule has 1 N–H and O–H groups in total. The van der Waals surface area contributed by atoms with Crippen LogP contribution in [0.15, 0.2) is 18.2 Å². The Hall–Kier alpha value is -0.640. The first-order valence-electron chi connectivity index (χ1n) is 4.63. The number of hydrogen-bond acceptors (Lipinski definition) is 2. The normalized spacial score (nSPS) is 17.6. The van der Waals surface area contributed by atoms with Crippen LogP contribution in [0.1, 0.15) is 5.56 Å². The highest BCUT2D eigenvalue weighted by atomic mass is 35.5. The third kappa shape index (κ3) is 2.05. The largest absolute Gasteiger partial charge is 0.303 e. The Kier molecular flexibility index (Phi) is 3.01. The maximum absolute atomic E-state index is 13.4. The zero-order chi connectivity index (χ0) is 9.97. The SMILES string of the molecule is Fc1cccc(Cl)c1CN1CCNC1. The van der Waals surface area contributed by atoms with Crippen molar-refractivity contribution >= 4 is 11.6 Å². The molecule has 0 aliphatic carbocycles. The van der Waals surface area contributed by atoms with Gasteiger partial charge in [-0.15, -0.1) is 0 Å². The molecule has 0 spiro atoms. The molecular formula is C10H12ClFN2. The summed E-state index contributed by atoms with van der Waals surface area (Å²) >= 11 is 5.92. The summed E-state index contributed by atoms with van der Waals surface area (Å²) in [5.41, 5.74) is 0.595. The Morgan fingerprint density at radius 1 is 1.50 bits per heavy atom. The Bertz CT molecular complexity index is 304. The van der Waals surface area contributed by atoms with Crippen molar-refractivity contribution in [3.8, 4) is 0 Å². The minimum Gasteiger partial charge on any atom is -0.303 e. The van der Waals surface area contributed by atoms with Crippen LogP contribution in [0.5, 0.6) is 0 Å². The zero-order valence-electron chi connectivity index (χ0n) is 7.76. The summed E-state index contributed by atoms with van der Waals surface area (Å²) in [6, 6.07) is 4.80. The maximum Gasteiger partial charge on any atom is 0.129 e. The number of halogens is 2. The summed E-state index contributed by atoms with van der Waals surface area (Å²) < 4.78 is 13.4. The smallest absolute Gasteiger partial charge is 0.129 e. The van der Waals surface area contributed by atoms with Crippen molar-refractivity contribution in [2.75, 3.05) is 19.8 Å². The molecule has 1 aromatic rings. The van der Waals surface area contributed by atoms with E-state index in [4.69, 9.17) is 11.6 Å². The van der Waals surface area contributed by atoms with Crippen LogP contribution in [-0.4, -0.2) is 24.7 Å². The van der Waals surface area contributed by atoms with Gasteiger partial charge in [0.15, 0.2) is 0 Å². The van der Waals surface area contributed by atoms with Gasteiger partial charge in [-0.1, -0.05) is 17.7 Å². The van der Waals surface area contributed by atoms with Gasteiger partial charge in [-0.3, -0.25) is 4.90 Å². The third-order valence-corrected chi connectivity index (χ3v) is 2.74. The lowest BCUT2D eigenvalue weighted by Gasteiger charge is -2.15. The first-order valence-corrected chi connectivity index (χ1v) is 5.01. The number of benzene rings is 1. The quantitative estimate of drug-likeness (QED) is 0.808. The van der Waals surface area contributed by atoms with Crippen molar-refractivity contribution in [1.29, 1.82) is 0 Å². The first-order chi connectivity index (χ1) is 6.77. The molecule has 0 unspecified atom stereocenters. The van der Waals surface area contributed by atoms with Gasteiger partial charge in [-0.05, 0) is 12.1 Å². The zero-order valence-corrected chi connectivity index (χ0v) is 8.52. The van der Waals surface area contributed by atoms with E-state index in [1.54, 1.807) is 12.1 Å². The van der Waals surface area contributed by atoms with Crippen LogP contribution >= 0.6 is 11.6 Å². The highest BCUT2D eigenvalue weighted by Crippen LogP contribution is 2.20. The molecule has 0 aromatic heterocycles. The van der Waals surface area contributed by atoms with Gasteiger partial charge in [-0.25, -0.2) is 4.39 Å². The summed E-state index contributed by atoms with van der Waals surface area (Å²) in [6.45, 7) is 3.31. The van der Waals surface area contributed by atoms with Crippen LogP contribution in [0.3, 0.4) is 0 Å². The summed E-state index contributed by atoms with van der Waals surface area (Å²) in [7, 11) is 0. The number of rotatable bonds is 2. The Morgan fingerprint density at radius 3 is 3.00 bits per heavy atom. The molecule has 2 nitrogen and oxygen atoms in total. The number of nitrogens with zero attached hydrogens (tertiary/aromatic N) is 1. The topological polar surface area (TPSA) is 15.3 Å². The van der Waals surface area contributed by atoms with E-state index in [0.717, 1.165) is 19.8 Å². The van der Waals surface area contributed by atoms with Crippen molar-refractivity contribution in [2.45, 2.75) is 6.54 Å². The second-order valence-electron chi connectivity index (χ2n) is 3.41. The Morgan fingerprint density at radius 2 is 2.36 bits per heavy atom. The minimum absolute atomic E-state index is 0.218. The molecule has 0 radical (unpaired) electrons. The standard InChI is InChI=1S/C10H12ClFN2/c11-9-2-1-3-10(12)8(9)6-14-5-4-13-7-14/h1-3,13H,4-7H2. The van der Waals surface area contributed by atoms with Crippen molar-refractivity contribution in [3.05, 3.63) is 34.6 Å². The predicted octanol–water partition coefficient (Wildman–Crippen LogP) is 1.84. The van der Waals surface area contributed by atoms with Gasteiger partial charge in [0.05, 0.1) is 0 Å². The van der Waals surface area contributed by atoms with E-state index in [1.165, 1.54) is 6.07 Å². The molecular weight excluding hydrogens is 203 g/mol. The van der Waals surface area contributed by atoms with E-state index in [1.807, 2.05) is 0 Å². The minimum atomic E-state index is -0.218. The fraction of sp³-hybridized carbons (Fsp3) is 0.400. The molecule has 2 rings (SSSR count). The van der Waals surface area contributed by atoms with E-state index in [9.17, 15) is 4.39 Å². The van der Waals surface area contributed by atoms with Crippen LogP contribution in [0.25, 0.3) is 0 Å². The van der Waals surface area contributed by atoms with Gasteiger partial charge < -0.3 is 5.32 Å². The van der Waals surface area contributed by atoms with Crippen molar-refractivity contribution in [3.63, 3.8) is 0 Å². The van der Waals surface area contributed by atoms with Crippen LogP contribution < -0.4 is 5.32 Å². The van der Waals surface area contributed by atoms with Gasteiger partial charge in [0.2, 0.25) is 0 Å². The average molecular weight is 215 g/mol. The van der Waals surface area contributed by atoms with E-state index < -0.39 is 0 Å². The summed E-state index contributed by atoms with van der Waals surface area (Å²) in [6.07, 6.45) is 0. The summed E-state index contributed by atoms with van der Waals surface area (Å²) in [5.74, 6) is -0.218. The lowest BCUT2D eigenvalue weighted by molar-refractivity contribution is 0.322. The lowest BCUT2D eigenvalue weighted by atomic mass is 10.2. The van der Waals surface area contributed by atoms with Gasteiger partial charge in [0, 0.05) is 36.9 Å². The van der Waals surface area contributed by atoms with Crippen LogP contribution in [0, 0.1) is 5.82 Å². The molecule has 1 aliphatic heterocycles. The van der Waals surface area contributed by atoms with Crippen LogP contribution in [0.2, 0.25) is 5.02 Å². The second kappa shape index (κ2) is 4.26. The summed E-state index contributed by atoms with van der Waals surface area (Å²) in [5, 5.41) is 3.70. The van der Waals surface area contributed by atoms with Crippen LogP contribution in [0.4, 0.5) is 4.39 Å². The fourth-order valence-electron chi connectivity index (χ4n) is 1.60. The fourth-order valence-corrected chi connectivity index (χ4v) is 1.82. The molecule has 1 heterocycles. The first kappa shape index (κ1) is 9.90. The lowest BCUT2D eigenvalue weighted by Crippen LogP contribution is -2.22. The molecule has 0 bridgehead atoms. The monoisotopic (exact) mass is 214 g/mol. The molecule has 14 heavy (non-hydrogen) atoms. The van der Waals surface area contributed by atoms with Gasteiger partial charge >= 0.3 is 0 Å². The molecule has 1 aromatic carbocycles. The van der Waals surface area contributed by atoms with Gasteiger partial charge in [0.25, 0.3) is 0 Å². The molecule has 1 aliphatic rings. The molecule has 76 valence electrons. The van der Waals surface area contributed by atoms with E-state index in [0.29, 0.717) is 17.1 Å². The maximum atomic E-state index is 13.4. The van der Waals surface area contributed by atoms with E-state index in [-0.39, 0.29) is 5.82 Å². The average Bonchev–Trinajstić information content (AvgIpc) is 2.64. The van der Waals surface area contributed by atoms with Crippen molar-refractivity contribution in [1.82, 2.24) is 10.2 Å². The van der Waals surface area contributed by atoms with Gasteiger partial charge in [0.1, 0.15) is 5.82 Å². The van der Waals surface area contributed by atoms with Gasteiger partial charge in [-0.2, -0.15) is 0 Å². The van der Waals surface area contributed by atoms with E-state index >= 15 is 0 Å². The Labute approximate surface area is 87.7 Å². The molecule has 1 fully saturated rings. The van der Waals surface area contributed by atoms with Crippen LogP contribution in [-0.2, 0) is 6.54 Å². The second-order valence-corrected chi connectivity index (χ2v) is 3.82. The molecule has 0 saturated carbocycles. The molecule has 4 heteroatoms. The molecule has 1 saturated heterocycles. The highest BCUT2D eigenvalue weighted by molar-refractivity contribution is 6.31. The van der Waals surface area contributed by atoms with E-state index in [2.05, 4.69) is 10.2 Å². The highest BCUT2D eigenvalue weighted by Gasteiger charge is 2.15. The number of hydrogen-bond donors (Lipinski definition) is 1. The molecule has 0 amide bonds. The van der Waals surface area contributed by atoms with Crippen molar-refractivity contribution < 1.29 is 4.39 Å². The Balaban J connectivity index is 2.14. The molecule has 0 atom stereocenters. The van der Waals surface area contributed by atoms with Crippen molar-refractivity contribution in [2.24, 2.45) is 0 Å².